The third-order valence-corrected chi connectivity index (χ3v) is 2.31. The first-order chi connectivity index (χ1) is 7.63. The fraction of sp³-hybridized carbons (Fsp3) is 0.455. The van der Waals surface area contributed by atoms with E-state index in [2.05, 4.69) is 15.6 Å². The Morgan fingerprint density at radius 2 is 2.31 bits per heavy atom. The molecule has 1 aromatic rings. The average molecular weight is 225 g/mol. The molecule has 0 radical (unpaired) electrons. The van der Waals surface area contributed by atoms with Crippen LogP contribution < -0.4 is 10.6 Å². The Bertz CT molecular complexity index is 357. The fourth-order valence-corrected chi connectivity index (χ4v) is 1.31. The molecule has 1 atom stereocenters. The van der Waals surface area contributed by atoms with Gasteiger partial charge in [-0.15, -0.1) is 0 Å². The lowest BCUT2D eigenvalue weighted by atomic mass is 10.1. The van der Waals surface area contributed by atoms with Crippen molar-refractivity contribution in [3.63, 3.8) is 0 Å². The van der Waals surface area contributed by atoms with Crippen LogP contribution in [0, 0.1) is 5.82 Å². The van der Waals surface area contributed by atoms with Crippen LogP contribution in [0.5, 0.6) is 0 Å². The van der Waals surface area contributed by atoms with Crippen LogP contribution in [0.15, 0.2) is 18.5 Å². The second-order valence-corrected chi connectivity index (χ2v) is 3.54. The van der Waals surface area contributed by atoms with Crippen molar-refractivity contribution >= 4 is 5.91 Å². The molecule has 0 aliphatic rings. The number of carbonyl (C=O) groups is 1. The van der Waals surface area contributed by atoms with Crippen molar-refractivity contribution in [2.45, 2.75) is 19.4 Å². The van der Waals surface area contributed by atoms with Crippen molar-refractivity contribution in [1.82, 2.24) is 15.6 Å². The van der Waals surface area contributed by atoms with Crippen molar-refractivity contribution in [3.8, 4) is 0 Å². The molecule has 1 amide bonds. The van der Waals surface area contributed by atoms with Gasteiger partial charge in [-0.3, -0.25) is 9.78 Å². The predicted molar refractivity (Wildman–Crippen MR) is 59.3 cm³/mol. The summed E-state index contributed by atoms with van der Waals surface area (Å²) in [6.45, 7) is 2.46. The molecule has 0 saturated heterocycles. The molecule has 0 fully saturated rings. The third-order valence-electron chi connectivity index (χ3n) is 2.31. The van der Waals surface area contributed by atoms with Gasteiger partial charge in [-0.2, -0.15) is 0 Å². The van der Waals surface area contributed by atoms with E-state index in [-0.39, 0.29) is 17.8 Å². The van der Waals surface area contributed by atoms with E-state index in [1.54, 1.807) is 13.2 Å². The normalized spacial score (nSPS) is 12.2. The van der Waals surface area contributed by atoms with E-state index >= 15 is 0 Å². The largest absolute Gasteiger partial charge is 0.359 e. The minimum atomic E-state index is -0.350. The maximum absolute atomic E-state index is 12.9. The summed E-state index contributed by atoms with van der Waals surface area (Å²) in [5, 5.41) is 5.66. The van der Waals surface area contributed by atoms with Gasteiger partial charge < -0.3 is 10.6 Å². The average Bonchev–Trinajstić information content (AvgIpc) is 2.28. The van der Waals surface area contributed by atoms with E-state index in [4.69, 9.17) is 0 Å². The molecule has 0 aliphatic carbocycles. The van der Waals surface area contributed by atoms with Gasteiger partial charge in [0.25, 0.3) is 0 Å². The number of aromatic nitrogens is 1. The molecular formula is C11H16FN3O. The van der Waals surface area contributed by atoms with Crippen LogP contribution in [0.2, 0.25) is 0 Å². The second kappa shape index (κ2) is 6.17. The van der Waals surface area contributed by atoms with Crippen molar-refractivity contribution in [3.05, 3.63) is 29.8 Å². The highest BCUT2D eigenvalue weighted by molar-refractivity contribution is 5.75. The van der Waals surface area contributed by atoms with Crippen LogP contribution in [0.4, 0.5) is 4.39 Å². The highest BCUT2D eigenvalue weighted by atomic mass is 19.1. The minimum absolute atomic E-state index is 0.0166. The lowest BCUT2D eigenvalue weighted by Crippen LogP contribution is -2.26. The number of carbonyl (C=O) groups excluding carboxylic acids is 1. The quantitative estimate of drug-likeness (QED) is 0.786. The number of hydrogen-bond acceptors (Lipinski definition) is 3. The molecule has 1 unspecified atom stereocenters. The molecule has 5 heteroatoms. The topological polar surface area (TPSA) is 54.0 Å². The number of amides is 1. The van der Waals surface area contributed by atoms with E-state index in [1.165, 1.54) is 12.3 Å². The third kappa shape index (κ3) is 3.94. The first-order valence-electron chi connectivity index (χ1n) is 5.18. The lowest BCUT2D eigenvalue weighted by Gasteiger charge is -2.13. The highest BCUT2D eigenvalue weighted by Gasteiger charge is 2.06. The summed E-state index contributed by atoms with van der Waals surface area (Å²) < 4.78 is 12.9. The van der Waals surface area contributed by atoms with Gasteiger partial charge in [0.15, 0.2) is 0 Å². The molecule has 2 N–H and O–H groups in total. The number of pyridine rings is 1. The molecule has 1 rings (SSSR count). The van der Waals surface area contributed by atoms with E-state index < -0.39 is 0 Å². The standard InChI is InChI=1S/C11H16FN3O/c1-8(15-4-3-11(16)13-2)9-5-10(12)7-14-6-9/h5-8,15H,3-4H2,1-2H3,(H,13,16). The summed E-state index contributed by atoms with van der Waals surface area (Å²) in [5.41, 5.74) is 0.775. The minimum Gasteiger partial charge on any atom is -0.359 e. The number of rotatable bonds is 5. The van der Waals surface area contributed by atoms with Crippen LogP contribution in [-0.2, 0) is 4.79 Å². The van der Waals surface area contributed by atoms with Crippen LogP contribution in [0.3, 0.4) is 0 Å². The van der Waals surface area contributed by atoms with Gasteiger partial charge in [0.05, 0.1) is 6.20 Å². The van der Waals surface area contributed by atoms with Crippen molar-refractivity contribution in [2.24, 2.45) is 0 Å². The Balaban J connectivity index is 2.40. The molecule has 0 spiro atoms. The van der Waals surface area contributed by atoms with Gasteiger partial charge in [0.1, 0.15) is 5.82 Å². The summed E-state index contributed by atoms with van der Waals surface area (Å²) in [6, 6.07) is 1.41. The summed E-state index contributed by atoms with van der Waals surface area (Å²) >= 11 is 0. The Morgan fingerprint density at radius 1 is 1.56 bits per heavy atom. The first kappa shape index (κ1) is 12.6. The fourth-order valence-electron chi connectivity index (χ4n) is 1.31. The number of hydrogen-bond donors (Lipinski definition) is 2. The Labute approximate surface area is 94.3 Å². The van der Waals surface area contributed by atoms with Gasteiger partial charge in [0.2, 0.25) is 5.91 Å². The van der Waals surface area contributed by atoms with E-state index in [0.717, 1.165) is 5.56 Å². The number of nitrogens with one attached hydrogen (secondary N) is 2. The molecule has 0 saturated carbocycles. The van der Waals surface area contributed by atoms with Crippen molar-refractivity contribution in [1.29, 1.82) is 0 Å². The molecule has 0 aromatic carbocycles. The maximum Gasteiger partial charge on any atom is 0.221 e. The summed E-state index contributed by atoms with van der Waals surface area (Å²) in [4.78, 5) is 14.7. The zero-order chi connectivity index (χ0) is 12.0. The molecule has 16 heavy (non-hydrogen) atoms. The van der Waals surface area contributed by atoms with Crippen LogP contribution >= 0.6 is 0 Å². The highest BCUT2D eigenvalue weighted by Crippen LogP contribution is 2.11. The first-order valence-corrected chi connectivity index (χ1v) is 5.18. The Morgan fingerprint density at radius 3 is 2.94 bits per heavy atom. The van der Waals surface area contributed by atoms with E-state index in [0.29, 0.717) is 13.0 Å². The van der Waals surface area contributed by atoms with Crippen molar-refractivity contribution in [2.75, 3.05) is 13.6 Å². The van der Waals surface area contributed by atoms with Crippen LogP contribution in [0.1, 0.15) is 24.9 Å². The van der Waals surface area contributed by atoms with Gasteiger partial charge in [-0.25, -0.2) is 4.39 Å². The van der Waals surface area contributed by atoms with Crippen molar-refractivity contribution < 1.29 is 9.18 Å². The Kier molecular flexibility index (Phi) is 4.85. The molecular weight excluding hydrogens is 209 g/mol. The summed E-state index contributed by atoms with van der Waals surface area (Å²) in [6.07, 6.45) is 3.19. The SMILES string of the molecule is CNC(=O)CCNC(C)c1cncc(F)c1. The molecule has 0 aliphatic heterocycles. The zero-order valence-corrected chi connectivity index (χ0v) is 9.46. The monoisotopic (exact) mass is 225 g/mol. The number of nitrogens with zero attached hydrogens (tertiary/aromatic N) is 1. The Hall–Kier alpha value is -1.49. The van der Waals surface area contributed by atoms with Gasteiger partial charge >= 0.3 is 0 Å². The van der Waals surface area contributed by atoms with Crippen LogP contribution in [0.25, 0.3) is 0 Å². The lowest BCUT2D eigenvalue weighted by molar-refractivity contribution is -0.120. The van der Waals surface area contributed by atoms with E-state index in [1.807, 2.05) is 6.92 Å². The smallest absolute Gasteiger partial charge is 0.221 e. The molecule has 4 nitrogen and oxygen atoms in total. The van der Waals surface area contributed by atoms with Gasteiger partial charge in [-0.1, -0.05) is 0 Å². The maximum atomic E-state index is 12.9. The molecule has 0 bridgehead atoms. The zero-order valence-electron chi connectivity index (χ0n) is 9.46. The predicted octanol–water partition coefficient (Wildman–Crippen LogP) is 1.01. The van der Waals surface area contributed by atoms with Crippen LogP contribution in [-0.4, -0.2) is 24.5 Å². The van der Waals surface area contributed by atoms with E-state index in [9.17, 15) is 9.18 Å². The molecule has 88 valence electrons. The molecule has 1 heterocycles. The summed E-state index contributed by atoms with van der Waals surface area (Å²) in [5.74, 6) is -0.366. The number of halogens is 1. The molecule has 1 aromatic heterocycles. The summed E-state index contributed by atoms with van der Waals surface area (Å²) in [7, 11) is 1.60. The van der Waals surface area contributed by atoms with Gasteiger partial charge in [-0.05, 0) is 18.6 Å². The second-order valence-electron chi connectivity index (χ2n) is 3.54. The van der Waals surface area contributed by atoms with Gasteiger partial charge in [0, 0.05) is 32.3 Å².